The fraction of sp³-hybridized carbons (Fsp3) is 0.120. The molecule has 0 saturated heterocycles. The molecule has 0 aliphatic rings. The third kappa shape index (κ3) is 5.08. The Bertz CT molecular complexity index is 1500. The summed E-state index contributed by atoms with van der Waals surface area (Å²) >= 11 is 2.45. The Morgan fingerprint density at radius 2 is 1.94 bits per heavy atom. The first-order valence-corrected chi connectivity index (χ1v) is 12.2. The average Bonchev–Trinajstić information content (AvgIpc) is 3.29. The van der Waals surface area contributed by atoms with Gasteiger partial charge in [-0.3, -0.25) is 9.59 Å². The zero-order chi connectivity index (χ0) is 25.1. The third-order valence-electron chi connectivity index (χ3n) is 5.06. The van der Waals surface area contributed by atoms with Crippen molar-refractivity contribution in [3.05, 3.63) is 87.5 Å². The second-order valence-electron chi connectivity index (χ2n) is 7.45. The number of benzene rings is 2. The van der Waals surface area contributed by atoms with E-state index in [1.54, 1.807) is 42.9 Å². The van der Waals surface area contributed by atoms with Gasteiger partial charge in [0.25, 0.3) is 11.5 Å². The SMILES string of the molecule is C=CSNc1ccc(Oc2ccc(F)cc2F)c(-c2cn(C)c(=O)c3cc(C(=O)NCC)sc23)c1. The number of ether oxygens (including phenoxy) is 1. The Kier molecular flexibility index (Phi) is 7.23. The standard InChI is InChI=1S/C25H21F2N3O3S2/c1-4-28-24(31)22-12-17-23(35-22)18(13-30(3)25(17)32)16-11-15(29-34-5-2)7-9-20(16)33-21-8-6-14(26)10-19(21)27/h5-13,29H,2,4H2,1,3H3,(H,28,31). The molecule has 0 saturated carbocycles. The fourth-order valence-corrected chi connectivity index (χ4v) is 4.92. The molecule has 0 spiro atoms. The lowest BCUT2D eigenvalue weighted by Crippen LogP contribution is -2.21. The van der Waals surface area contributed by atoms with Crippen LogP contribution in [0.5, 0.6) is 11.5 Å². The van der Waals surface area contributed by atoms with E-state index in [4.69, 9.17) is 4.74 Å². The molecule has 1 amide bonds. The van der Waals surface area contributed by atoms with Crippen LogP contribution in [0.1, 0.15) is 16.6 Å². The zero-order valence-electron chi connectivity index (χ0n) is 18.9. The Labute approximate surface area is 208 Å². The highest BCUT2D eigenvalue weighted by Gasteiger charge is 2.20. The lowest BCUT2D eigenvalue weighted by atomic mass is 10.0. The number of hydrogen-bond donors (Lipinski definition) is 2. The molecule has 6 nitrogen and oxygen atoms in total. The first-order chi connectivity index (χ1) is 16.8. The monoisotopic (exact) mass is 513 g/mol. The van der Waals surface area contributed by atoms with Gasteiger partial charge in [-0.1, -0.05) is 6.58 Å². The molecule has 10 heteroatoms. The minimum atomic E-state index is -0.847. The van der Waals surface area contributed by atoms with E-state index in [1.165, 1.54) is 33.9 Å². The molecule has 35 heavy (non-hydrogen) atoms. The van der Waals surface area contributed by atoms with E-state index in [-0.39, 0.29) is 23.0 Å². The predicted octanol–water partition coefficient (Wildman–Crippen LogP) is 6.29. The van der Waals surface area contributed by atoms with Crippen molar-refractivity contribution >= 4 is 45.0 Å². The number of halogens is 2. The van der Waals surface area contributed by atoms with E-state index < -0.39 is 11.6 Å². The van der Waals surface area contributed by atoms with Crippen LogP contribution < -0.4 is 20.3 Å². The van der Waals surface area contributed by atoms with E-state index in [1.807, 2.05) is 6.92 Å². The van der Waals surface area contributed by atoms with E-state index >= 15 is 0 Å². The highest BCUT2D eigenvalue weighted by atomic mass is 32.2. The number of hydrogen-bond acceptors (Lipinski definition) is 6. The number of fused-ring (bicyclic) bond motifs is 1. The summed E-state index contributed by atoms with van der Waals surface area (Å²) in [6.45, 7) is 5.94. The normalized spacial score (nSPS) is 10.9. The molecular weight excluding hydrogens is 492 g/mol. The van der Waals surface area contributed by atoms with Crippen molar-refractivity contribution in [2.75, 3.05) is 11.3 Å². The van der Waals surface area contributed by atoms with E-state index in [0.29, 0.717) is 38.3 Å². The van der Waals surface area contributed by atoms with Crippen LogP contribution in [-0.4, -0.2) is 17.0 Å². The lowest BCUT2D eigenvalue weighted by molar-refractivity contribution is 0.0960. The van der Waals surface area contributed by atoms with E-state index in [2.05, 4.69) is 16.6 Å². The van der Waals surface area contributed by atoms with Gasteiger partial charge in [0.05, 0.1) is 15.0 Å². The number of nitrogens with zero attached hydrogens (tertiary/aromatic N) is 1. The minimum absolute atomic E-state index is 0.149. The van der Waals surface area contributed by atoms with Gasteiger partial charge in [0.15, 0.2) is 11.6 Å². The van der Waals surface area contributed by atoms with Crippen molar-refractivity contribution in [3.8, 4) is 22.6 Å². The highest BCUT2D eigenvalue weighted by Crippen LogP contribution is 2.41. The van der Waals surface area contributed by atoms with Gasteiger partial charge in [-0.15, -0.1) is 11.3 Å². The smallest absolute Gasteiger partial charge is 0.261 e. The molecule has 4 rings (SSSR count). The largest absolute Gasteiger partial charge is 0.454 e. The average molecular weight is 514 g/mol. The molecule has 0 fully saturated rings. The predicted molar refractivity (Wildman–Crippen MR) is 138 cm³/mol. The van der Waals surface area contributed by atoms with Gasteiger partial charge in [0.2, 0.25) is 0 Å². The number of anilines is 1. The first-order valence-electron chi connectivity index (χ1n) is 10.5. The lowest BCUT2D eigenvalue weighted by Gasteiger charge is -2.15. The molecule has 180 valence electrons. The van der Waals surface area contributed by atoms with Gasteiger partial charge in [-0.25, -0.2) is 8.78 Å². The van der Waals surface area contributed by atoms with Gasteiger partial charge >= 0.3 is 0 Å². The second-order valence-corrected chi connectivity index (χ2v) is 9.27. The molecule has 0 unspecified atom stereocenters. The molecule has 0 radical (unpaired) electrons. The number of thiophene rings is 1. The summed E-state index contributed by atoms with van der Waals surface area (Å²) in [4.78, 5) is 25.7. The highest BCUT2D eigenvalue weighted by molar-refractivity contribution is 8.03. The number of rotatable bonds is 8. The van der Waals surface area contributed by atoms with Crippen molar-refractivity contribution in [3.63, 3.8) is 0 Å². The summed E-state index contributed by atoms with van der Waals surface area (Å²) in [6.07, 6.45) is 1.65. The maximum Gasteiger partial charge on any atom is 0.261 e. The van der Waals surface area contributed by atoms with Crippen molar-refractivity contribution in [2.45, 2.75) is 6.92 Å². The number of carbonyl (C=O) groups excluding carboxylic acids is 1. The topological polar surface area (TPSA) is 72.4 Å². The van der Waals surface area contributed by atoms with Crippen LogP contribution in [0, 0.1) is 11.6 Å². The van der Waals surface area contributed by atoms with Crippen molar-refractivity contribution < 1.29 is 18.3 Å². The van der Waals surface area contributed by atoms with Crippen LogP contribution in [0.25, 0.3) is 21.2 Å². The number of amides is 1. The molecule has 0 bridgehead atoms. The summed E-state index contributed by atoms with van der Waals surface area (Å²) in [5.74, 6) is -1.70. The van der Waals surface area contributed by atoms with Crippen molar-refractivity contribution in [2.24, 2.45) is 7.05 Å². The maximum absolute atomic E-state index is 14.4. The molecule has 0 atom stereocenters. The maximum atomic E-state index is 14.4. The van der Waals surface area contributed by atoms with E-state index in [0.717, 1.165) is 12.1 Å². The molecule has 2 aromatic carbocycles. The summed E-state index contributed by atoms with van der Waals surface area (Å²) in [5.41, 5.74) is 1.62. The molecule has 2 heterocycles. The summed E-state index contributed by atoms with van der Waals surface area (Å²) in [5, 5.41) is 4.76. The number of pyridine rings is 1. The van der Waals surface area contributed by atoms with Gasteiger partial charge in [0, 0.05) is 42.7 Å². The quantitative estimate of drug-likeness (QED) is 0.271. The van der Waals surface area contributed by atoms with Crippen LogP contribution in [0.3, 0.4) is 0 Å². The van der Waals surface area contributed by atoms with Gasteiger partial charge in [0.1, 0.15) is 11.6 Å². The Balaban J connectivity index is 1.93. The van der Waals surface area contributed by atoms with Crippen LogP contribution in [-0.2, 0) is 7.05 Å². The summed E-state index contributed by atoms with van der Waals surface area (Å²) in [7, 11) is 1.62. The number of aryl methyl sites for hydroxylation is 1. The van der Waals surface area contributed by atoms with Crippen LogP contribution in [0.15, 0.2) is 65.4 Å². The van der Waals surface area contributed by atoms with E-state index in [9.17, 15) is 18.4 Å². The second kappa shape index (κ2) is 10.3. The Hall–Kier alpha value is -3.63. The van der Waals surface area contributed by atoms with Crippen LogP contribution in [0.4, 0.5) is 14.5 Å². The van der Waals surface area contributed by atoms with Gasteiger partial charge in [-0.2, -0.15) is 0 Å². The first kappa shape index (κ1) is 24.5. The van der Waals surface area contributed by atoms with Crippen molar-refractivity contribution in [1.82, 2.24) is 9.88 Å². The zero-order valence-corrected chi connectivity index (χ0v) is 20.5. The number of nitrogens with one attached hydrogen (secondary N) is 2. The molecule has 0 aliphatic heterocycles. The minimum Gasteiger partial charge on any atom is -0.454 e. The molecule has 0 aliphatic carbocycles. The van der Waals surface area contributed by atoms with Crippen LogP contribution >= 0.6 is 23.3 Å². The molecule has 2 N–H and O–H groups in total. The molecule has 4 aromatic rings. The molecular formula is C25H21F2N3O3S2. The fourth-order valence-electron chi connectivity index (χ4n) is 3.48. The molecule has 2 aromatic heterocycles. The third-order valence-corrected chi connectivity index (χ3v) is 6.74. The van der Waals surface area contributed by atoms with Gasteiger partial charge in [-0.05, 0) is 60.7 Å². The Morgan fingerprint density at radius 3 is 2.66 bits per heavy atom. The van der Waals surface area contributed by atoms with Crippen molar-refractivity contribution in [1.29, 1.82) is 0 Å². The van der Waals surface area contributed by atoms with Gasteiger partial charge < -0.3 is 19.3 Å². The Morgan fingerprint density at radius 1 is 1.17 bits per heavy atom. The summed E-state index contributed by atoms with van der Waals surface area (Å²) < 4.78 is 38.8. The summed E-state index contributed by atoms with van der Waals surface area (Å²) in [6, 6.07) is 9.82. The number of carbonyl (C=O) groups is 1. The number of aromatic nitrogens is 1. The van der Waals surface area contributed by atoms with Crippen LogP contribution in [0.2, 0.25) is 0 Å².